The van der Waals surface area contributed by atoms with E-state index in [4.69, 9.17) is 33.3 Å². The van der Waals surface area contributed by atoms with Gasteiger partial charge in [-0.2, -0.15) is 14.9 Å². The molecule has 0 aliphatic carbocycles. The molecule has 1 heterocycles. The number of rotatable bonds is 6. The van der Waals surface area contributed by atoms with Crippen molar-refractivity contribution in [3.8, 4) is 22.9 Å². The highest BCUT2D eigenvalue weighted by atomic mass is 35.5. The number of ether oxygens (including phenoxy) is 2. The second-order valence-electron chi connectivity index (χ2n) is 5.26. The van der Waals surface area contributed by atoms with Crippen LogP contribution in [0.2, 0.25) is 5.02 Å². The molecule has 134 valence electrons. The molecule has 0 saturated carbocycles. The van der Waals surface area contributed by atoms with Crippen LogP contribution in [0.3, 0.4) is 0 Å². The van der Waals surface area contributed by atoms with Crippen LogP contribution in [0.5, 0.6) is 11.5 Å². The Balaban J connectivity index is 1.93. The van der Waals surface area contributed by atoms with Crippen LogP contribution in [0.15, 0.2) is 47.6 Å². The fraction of sp³-hybridized carbons (Fsp3) is 0.167. The van der Waals surface area contributed by atoms with Gasteiger partial charge in [-0.15, -0.1) is 0 Å². The molecule has 0 amide bonds. The van der Waals surface area contributed by atoms with Crippen LogP contribution in [-0.4, -0.2) is 34.8 Å². The standard InChI is InChI=1S/C18H17ClN4O2S/c1-3-25-15-9-4-12(10-16(15)24-2)11-20-23-17(21-22-18(23)26)13-5-7-14(19)8-6-13/h4-11H,3H2,1-2H3,(H,22,26)/b20-11+. The Kier molecular flexibility index (Phi) is 5.70. The summed E-state index contributed by atoms with van der Waals surface area (Å²) in [5.41, 5.74) is 1.69. The number of benzene rings is 2. The molecule has 0 aliphatic heterocycles. The number of methoxy groups -OCH3 is 1. The molecule has 0 radical (unpaired) electrons. The van der Waals surface area contributed by atoms with Gasteiger partial charge in [-0.1, -0.05) is 11.6 Å². The van der Waals surface area contributed by atoms with Crippen molar-refractivity contribution in [1.82, 2.24) is 14.9 Å². The minimum absolute atomic E-state index is 0.393. The van der Waals surface area contributed by atoms with Crippen LogP contribution in [-0.2, 0) is 0 Å². The molecule has 2 aromatic carbocycles. The summed E-state index contributed by atoms with van der Waals surface area (Å²) in [4.78, 5) is 0. The van der Waals surface area contributed by atoms with Crippen molar-refractivity contribution in [2.75, 3.05) is 13.7 Å². The second-order valence-corrected chi connectivity index (χ2v) is 6.08. The summed E-state index contributed by atoms with van der Waals surface area (Å²) in [5, 5.41) is 12.1. The van der Waals surface area contributed by atoms with E-state index in [0.717, 1.165) is 11.1 Å². The van der Waals surface area contributed by atoms with Gasteiger partial charge in [0.1, 0.15) is 0 Å². The summed E-state index contributed by atoms with van der Waals surface area (Å²) < 4.78 is 12.8. The molecule has 3 rings (SSSR count). The van der Waals surface area contributed by atoms with Crippen molar-refractivity contribution in [1.29, 1.82) is 0 Å². The summed E-state index contributed by atoms with van der Waals surface area (Å²) in [6, 6.07) is 12.9. The van der Waals surface area contributed by atoms with Crippen molar-refractivity contribution >= 4 is 30.0 Å². The van der Waals surface area contributed by atoms with Gasteiger partial charge in [0.05, 0.1) is 19.9 Å². The van der Waals surface area contributed by atoms with Gasteiger partial charge < -0.3 is 9.47 Å². The number of aromatic amines is 1. The minimum atomic E-state index is 0.393. The predicted molar refractivity (Wildman–Crippen MR) is 105 cm³/mol. The fourth-order valence-corrected chi connectivity index (χ4v) is 2.65. The maximum Gasteiger partial charge on any atom is 0.216 e. The smallest absolute Gasteiger partial charge is 0.216 e. The molecule has 0 spiro atoms. The number of hydrogen-bond acceptors (Lipinski definition) is 5. The third kappa shape index (κ3) is 3.95. The Labute approximate surface area is 161 Å². The largest absolute Gasteiger partial charge is 0.493 e. The maximum absolute atomic E-state index is 5.94. The quantitative estimate of drug-likeness (QED) is 0.497. The van der Waals surface area contributed by atoms with Crippen molar-refractivity contribution in [3.63, 3.8) is 0 Å². The lowest BCUT2D eigenvalue weighted by atomic mass is 10.2. The summed E-state index contributed by atoms with van der Waals surface area (Å²) in [6.45, 7) is 2.49. The van der Waals surface area contributed by atoms with E-state index < -0.39 is 0 Å². The molecule has 26 heavy (non-hydrogen) atoms. The first kappa shape index (κ1) is 18.2. The topological polar surface area (TPSA) is 64.4 Å². The van der Waals surface area contributed by atoms with Gasteiger partial charge in [0.25, 0.3) is 0 Å². The third-order valence-electron chi connectivity index (χ3n) is 3.56. The van der Waals surface area contributed by atoms with Gasteiger partial charge in [0.15, 0.2) is 17.3 Å². The van der Waals surface area contributed by atoms with Gasteiger partial charge in [0.2, 0.25) is 4.77 Å². The molecule has 1 N–H and O–H groups in total. The molecular formula is C18H17ClN4O2S. The second kappa shape index (κ2) is 8.16. The first-order valence-corrected chi connectivity index (χ1v) is 8.69. The first-order chi connectivity index (χ1) is 12.6. The molecule has 3 aromatic rings. The van der Waals surface area contributed by atoms with Crippen LogP contribution in [0.4, 0.5) is 0 Å². The van der Waals surface area contributed by atoms with Crippen molar-refractivity contribution in [2.24, 2.45) is 5.10 Å². The van der Waals surface area contributed by atoms with Crippen molar-refractivity contribution in [2.45, 2.75) is 6.92 Å². The Bertz CT molecular complexity index is 980. The number of hydrogen-bond donors (Lipinski definition) is 1. The van der Waals surface area contributed by atoms with E-state index in [1.807, 2.05) is 37.3 Å². The Morgan fingerprint density at radius 3 is 2.69 bits per heavy atom. The number of H-pyrrole nitrogens is 1. The van der Waals surface area contributed by atoms with Crippen molar-refractivity contribution < 1.29 is 9.47 Å². The van der Waals surface area contributed by atoms with E-state index in [1.165, 1.54) is 0 Å². The average molecular weight is 389 g/mol. The lowest BCUT2D eigenvalue weighted by Gasteiger charge is -2.09. The number of aromatic nitrogens is 3. The normalized spacial score (nSPS) is 11.0. The van der Waals surface area contributed by atoms with Gasteiger partial charge in [0, 0.05) is 10.6 Å². The molecular weight excluding hydrogens is 372 g/mol. The molecule has 0 atom stereocenters. The van der Waals surface area contributed by atoms with E-state index in [9.17, 15) is 0 Å². The van der Waals surface area contributed by atoms with Crippen LogP contribution in [0.1, 0.15) is 12.5 Å². The highest BCUT2D eigenvalue weighted by Crippen LogP contribution is 2.27. The van der Waals surface area contributed by atoms with Crippen LogP contribution < -0.4 is 9.47 Å². The Morgan fingerprint density at radius 2 is 2.00 bits per heavy atom. The summed E-state index contributed by atoms with van der Waals surface area (Å²) >= 11 is 11.2. The zero-order valence-electron chi connectivity index (χ0n) is 14.3. The molecule has 6 nitrogen and oxygen atoms in total. The molecule has 0 bridgehead atoms. The predicted octanol–water partition coefficient (Wildman–Crippen LogP) is 4.55. The monoisotopic (exact) mass is 388 g/mol. The number of nitrogens with zero attached hydrogens (tertiary/aromatic N) is 3. The van der Waals surface area contributed by atoms with Gasteiger partial charge >= 0.3 is 0 Å². The zero-order chi connectivity index (χ0) is 18.5. The molecule has 0 fully saturated rings. The Hall–Kier alpha value is -2.64. The molecule has 0 unspecified atom stereocenters. The summed E-state index contributed by atoms with van der Waals surface area (Å²) in [6.07, 6.45) is 1.68. The molecule has 1 aromatic heterocycles. The van der Waals surface area contributed by atoms with E-state index in [0.29, 0.717) is 33.7 Å². The highest BCUT2D eigenvalue weighted by molar-refractivity contribution is 7.71. The first-order valence-electron chi connectivity index (χ1n) is 7.91. The van der Waals surface area contributed by atoms with Crippen molar-refractivity contribution in [3.05, 3.63) is 57.8 Å². The Morgan fingerprint density at radius 1 is 1.23 bits per heavy atom. The summed E-state index contributed by atoms with van der Waals surface area (Å²) in [7, 11) is 1.60. The number of halogens is 1. The van der Waals surface area contributed by atoms with Crippen LogP contribution >= 0.6 is 23.8 Å². The third-order valence-corrected chi connectivity index (χ3v) is 4.08. The average Bonchev–Trinajstić information content (AvgIpc) is 3.02. The van der Waals surface area contributed by atoms with Crippen LogP contribution in [0, 0.1) is 4.77 Å². The van der Waals surface area contributed by atoms with Crippen LogP contribution in [0.25, 0.3) is 11.4 Å². The molecule has 0 saturated heterocycles. The van der Waals surface area contributed by atoms with Gasteiger partial charge in [-0.25, -0.2) is 5.10 Å². The number of nitrogens with one attached hydrogen (secondary N) is 1. The fourth-order valence-electron chi connectivity index (χ4n) is 2.35. The lowest BCUT2D eigenvalue weighted by molar-refractivity contribution is 0.311. The lowest BCUT2D eigenvalue weighted by Crippen LogP contribution is -1.97. The van der Waals surface area contributed by atoms with Gasteiger partial charge in [-0.3, -0.25) is 0 Å². The zero-order valence-corrected chi connectivity index (χ0v) is 15.8. The maximum atomic E-state index is 5.94. The summed E-state index contributed by atoms with van der Waals surface area (Å²) in [5.74, 6) is 1.93. The SMILES string of the molecule is CCOc1ccc(/C=N/n2c(-c3ccc(Cl)cc3)n[nH]c2=S)cc1OC. The van der Waals surface area contributed by atoms with E-state index in [1.54, 1.807) is 30.1 Å². The van der Waals surface area contributed by atoms with E-state index in [-0.39, 0.29) is 0 Å². The van der Waals surface area contributed by atoms with E-state index >= 15 is 0 Å². The molecule has 8 heteroatoms. The highest BCUT2D eigenvalue weighted by Gasteiger charge is 2.08. The minimum Gasteiger partial charge on any atom is -0.493 e. The van der Waals surface area contributed by atoms with E-state index in [2.05, 4.69) is 15.3 Å². The van der Waals surface area contributed by atoms with Gasteiger partial charge in [-0.05, 0) is 67.2 Å². The molecule has 0 aliphatic rings.